The summed E-state index contributed by atoms with van der Waals surface area (Å²) < 4.78 is 23.2. The van der Waals surface area contributed by atoms with Crippen molar-refractivity contribution in [1.29, 1.82) is 0 Å². The molecule has 1 aliphatic carbocycles. The van der Waals surface area contributed by atoms with Gasteiger partial charge in [0.05, 0.1) is 7.06 Å². The monoisotopic (exact) mass is 210 g/mol. The summed E-state index contributed by atoms with van der Waals surface area (Å²) in [4.78, 5) is 11.6. The molecule has 1 heterocycles. The first kappa shape index (κ1) is 7.09. The van der Waals surface area contributed by atoms with Crippen molar-refractivity contribution < 1.29 is 9.32 Å². The molecule has 0 spiro atoms. The van der Waals surface area contributed by atoms with E-state index in [1.165, 1.54) is 0 Å². The highest BCUT2D eigenvalue weighted by molar-refractivity contribution is 5.19. The molecule has 0 amide bonds. The maximum atomic E-state index is 11.6. The molecule has 1 N–H and O–H groups in total. The van der Waals surface area contributed by atoms with Crippen LogP contribution in [0.1, 0.15) is 53.4 Å². The van der Waals surface area contributed by atoms with Crippen molar-refractivity contribution >= 4 is 0 Å². The number of pyridine rings is 1. The Morgan fingerprint density at radius 1 is 1.53 bits per heavy atom. The maximum Gasteiger partial charge on any atom is 0.283 e. The normalized spacial score (nSPS) is 21.0. The average Bonchev–Trinajstić information content (AvgIpc) is 2.35. The molecular weight excluding hydrogens is 190 g/mol. The Labute approximate surface area is 93.5 Å². The second-order valence-corrected chi connectivity index (χ2v) is 4.09. The fourth-order valence-corrected chi connectivity index (χ4v) is 2.20. The molecule has 1 saturated carbocycles. The third-order valence-electron chi connectivity index (χ3n) is 2.98. The minimum atomic E-state index is -1.37. The predicted molar refractivity (Wildman–Crippen MR) is 58.4 cm³/mol. The van der Waals surface area contributed by atoms with Crippen LogP contribution in [0, 0.1) is 6.88 Å². The molecule has 0 radical (unpaired) electrons. The first-order valence-electron chi connectivity index (χ1n) is 6.98. The molecule has 0 unspecified atom stereocenters. The number of aryl methyl sites for hydroxylation is 1. The van der Waals surface area contributed by atoms with Gasteiger partial charge in [-0.2, -0.15) is 4.73 Å². The van der Waals surface area contributed by atoms with Crippen molar-refractivity contribution in [1.82, 2.24) is 4.73 Å². The third kappa shape index (κ3) is 2.06. The highest BCUT2D eigenvalue weighted by Crippen LogP contribution is 2.31. The largest absolute Gasteiger partial charge is 0.425 e. The van der Waals surface area contributed by atoms with Crippen LogP contribution in [-0.2, 0) is 0 Å². The summed E-state index contributed by atoms with van der Waals surface area (Å²) in [5.41, 5.74) is -0.293. The van der Waals surface area contributed by atoms with Gasteiger partial charge in [0.1, 0.15) is 0 Å². The van der Waals surface area contributed by atoms with Crippen molar-refractivity contribution in [2.45, 2.75) is 44.9 Å². The van der Waals surface area contributed by atoms with E-state index in [9.17, 15) is 10.0 Å². The molecule has 0 aromatic carbocycles. The Bertz CT molecular complexity index is 493. The number of rotatable bonds is 1. The van der Waals surface area contributed by atoms with E-state index in [4.69, 9.17) is 4.11 Å². The minimum Gasteiger partial charge on any atom is -0.425 e. The molecule has 1 aliphatic rings. The molecular formula is C12H17NO2. The van der Waals surface area contributed by atoms with E-state index >= 15 is 0 Å². The second-order valence-electron chi connectivity index (χ2n) is 4.09. The summed E-state index contributed by atoms with van der Waals surface area (Å²) in [6.45, 7) is -1.37. The molecule has 3 nitrogen and oxygen atoms in total. The zero-order chi connectivity index (χ0) is 13.3. The fourth-order valence-electron chi connectivity index (χ4n) is 2.20. The van der Waals surface area contributed by atoms with E-state index in [0.717, 1.165) is 38.2 Å². The van der Waals surface area contributed by atoms with Gasteiger partial charge in [0.2, 0.25) is 0 Å². The first-order valence-corrected chi connectivity index (χ1v) is 5.32. The second kappa shape index (κ2) is 4.09. The summed E-state index contributed by atoms with van der Waals surface area (Å²) in [5, 5.41) is 9.80. The van der Waals surface area contributed by atoms with E-state index in [1.807, 2.05) is 0 Å². The van der Waals surface area contributed by atoms with Crippen molar-refractivity contribution in [2.24, 2.45) is 0 Å². The van der Waals surface area contributed by atoms with E-state index < -0.39 is 12.4 Å². The molecule has 1 aromatic heterocycles. The van der Waals surface area contributed by atoms with E-state index in [-0.39, 0.29) is 23.2 Å². The zero-order valence-corrected chi connectivity index (χ0v) is 8.57. The zero-order valence-electron chi connectivity index (χ0n) is 11.6. The highest BCUT2D eigenvalue weighted by atomic mass is 16.5. The lowest BCUT2D eigenvalue weighted by Gasteiger charge is -2.22. The number of hydrogen-bond acceptors (Lipinski definition) is 2. The van der Waals surface area contributed by atoms with Crippen LogP contribution < -0.4 is 5.56 Å². The van der Waals surface area contributed by atoms with Gasteiger partial charge in [0.15, 0.2) is 0 Å². The van der Waals surface area contributed by atoms with Gasteiger partial charge in [0.25, 0.3) is 5.56 Å². The fraction of sp³-hybridized carbons (Fsp3) is 0.583. The summed E-state index contributed by atoms with van der Waals surface area (Å²) in [6.07, 6.45) is 4.87. The molecule has 2 rings (SSSR count). The van der Waals surface area contributed by atoms with Gasteiger partial charge >= 0.3 is 0 Å². The smallest absolute Gasteiger partial charge is 0.283 e. The Kier molecular flexibility index (Phi) is 1.93. The van der Waals surface area contributed by atoms with Crippen LogP contribution in [0.15, 0.2) is 16.9 Å². The molecule has 1 aromatic rings. The van der Waals surface area contributed by atoms with Crippen LogP contribution >= 0.6 is 0 Å². The van der Waals surface area contributed by atoms with Gasteiger partial charge in [-0.05, 0) is 31.3 Å². The van der Waals surface area contributed by atoms with Gasteiger partial charge < -0.3 is 5.21 Å². The molecule has 3 heteroatoms. The van der Waals surface area contributed by atoms with Crippen LogP contribution in [0.3, 0.4) is 0 Å². The topological polar surface area (TPSA) is 42.2 Å². The van der Waals surface area contributed by atoms with Crippen molar-refractivity contribution in [3.8, 4) is 0 Å². The molecule has 82 valence electrons. The van der Waals surface area contributed by atoms with Gasteiger partial charge in [-0.25, -0.2) is 0 Å². The predicted octanol–water partition coefficient (Wildman–Crippen LogP) is 2.44. The van der Waals surface area contributed by atoms with Gasteiger partial charge in [0, 0.05) is 14.7 Å². The SMILES string of the molecule is [2H]c1c(C([2H])[2H])cc(=O)n(O)c1C1CCCCC1. The number of aromatic nitrogens is 1. The lowest BCUT2D eigenvalue weighted by Crippen LogP contribution is -2.23. The first-order chi connectivity index (χ1) is 8.52. The molecule has 0 aliphatic heterocycles. The summed E-state index contributed by atoms with van der Waals surface area (Å²) in [6, 6.07) is 0.985. The molecule has 0 bridgehead atoms. The Balaban J connectivity index is 2.53. The van der Waals surface area contributed by atoms with Crippen LogP contribution in [0.2, 0.25) is 0 Å². The van der Waals surface area contributed by atoms with E-state index in [0.29, 0.717) is 4.73 Å². The summed E-state index contributed by atoms with van der Waals surface area (Å²) >= 11 is 0. The number of nitrogens with zero attached hydrogens (tertiary/aromatic N) is 1. The van der Waals surface area contributed by atoms with Crippen molar-refractivity contribution in [3.63, 3.8) is 0 Å². The standard InChI is InChI=1S/C12H17NO2/c1-9-7-11(13(15)12(14)8-9)10-5-3-2-4-6-10/h7-8,10,15H,2-6H2,1H3/i1D2,7D. The number of hydrogen-bond donors (Lipinski definition) is 1. The molecule has 0 atom stereocenters. The molecule has 1 fully saturated rings. The third-order valence-corrected chi connectivity index (χ3v) is 2.98. The summed E-state index contributed by atoms with van der Waals surface area (Å²) in [5.74, 6) is -0.0114. The lowest BCUT2D eigenvalue weighted by atomic mass is 9.86. The van der Waals surface area contributed by atoms with Crippen LogP contribution in [0.25, 0.3) is 0 Å². The quantitative estimate of drug-likeness (QED) is 0.723. The van der Waals surface area contributed by atoms with Crippen molar-refractivity contribution in [2.75, 3.05) is 0 Å². The Hall–Kier alpha value is -1.25. The Morgan fingerprint density at radius 3 is 2.93 bits per heavy atom. The molecule has 15 heavy (non-hydrogen) atoms. The Morgan fingerprint density at radius 2 is 2.27 bits per heavy atom. The minimum absolute atomic E-state index is 0.0114. The van der Waals surface area contributed by atoms with Crippen LogP contribution in [0.5, 0.6) is 0 Å². The van der Waals surface area contributed by atoms with Crippen molar-refractivity contribution in [3.05, 3.63) is 33.7 Å². The maximum absolute atomic E-state index is 11.6. The van der Waals surface area contributed by atoms with E-state index in [2.05, 4.69) is 0 Å². The van der Waals surface area contributed by atoms with E-state index in [1.54, 1.807) is 0 Å². The average molecular weight is 210 g/mol. The van der Waals surface area contributed by atoms with Gasteiger partial charge in [-0.15, -0.1) is 0 Å². The highest BCUT2D eigenvalue weighted by Gasteiger charge is 2.19. The van der Waals surface area contributed by atoms with Gasteiger partial charge in [-0.1, -0.05) is 19.3 Å². The van der Waals surface area contributed by atoms with Crippen LogP contribution in [0.4, 0.5) is 0 Å². The molecule has 0 saturated heterocycles. The summed E-state index contributed by atoms with van der Waals surface area (Å²) in [7, 11) is 0. The van der Waals surface area contributed by atoms with Crippen LogP contribution in [-0.4, -0.2) is 9.94 Å². The van der Waals surface area contributed by atoms with Gasteiger partial charge in [-0.3, -0.25) is 4.79 Å². The lowest BCUT2D eigenvalue weighted by molar-refractivity contribution is 0.156.